The van der Waals surface area contributed by atoms with Crippen LogP contribution in [0.1, 0.15) is 10.4 Å². The van der Waals surface area contributed by atoms with Crippen LogP contribution in [0.25, 0.3) is 0 Å². The van der Waals surface area contributed by atoms with Crippen LogP contribution in [0.2, 0.25) is 0 Å². The fraction of sp³-hybridized carbons (Fsp3) is 0.143. The number of nitrogens with one attached hydrogen (secondary N) is 1. The van der Waals surface area contributed by atoms with Crippen LogP contribution in [-0.2, 0) is 11.0 Å². The Labute approximate surface area is 128 Å². The zero-order chi connectivity index (χ0) is 16.0. The smallest absolute Gasteiger partial charge is 0.416 e. The maximum Gasteiger partial charge on any atom is 0.416 e. The van der Waals surface area contributed by atoms with Crippen molar-refractivity contribution in [3.8, 4) is 5.75 Å². The number of amides is 1. The molecule has 0 aliphatic carbocycles. The third kappa shape index (κ3) is 4.88. The Morgan fingerprint density at radius 2 is 2.14 bits per heavy atom. The molecular weight excluding hydrogens is 317 g/mol. The third-order valence-corrected chi connectivity index (χ3v) is 3.26. The van der Waals surface area contributed by atoms with Gasteiger partial charge < -0.3 is 4.74 Å². The summed E-state index contributed by atoms with van der Waals surface area (Å²) >= 11 is 1.45. The number of rotatable bonds is 5. The number of carbonyl (C=O) groups excluding carboxylic acids is 1. The molecule has 0 aliphatic rings. The molecule has 1 aromatic heterocycles. The SMILES string of the molecule is O=C(COc1cccc(C(F)(F)F)c1)N/N=C/c1cccs1. The Hall–Kier alpha value is -2.35. The molecular formula is C14H11F3N2O2S. The van der Waals surface area contributed by atoms with Gasteiger partial charge in [0, 0.05) is 4.88 Å². The summed E-state index contributed by atoms with van der Waals surface area (Å²) in [6.07, 6.45) is -2.99. The topological polar surface area (TPSA) is 50.7 Å². The van der Waals surface area contributed by atoms with Crippen molar-refractivity contribution in [2.24, 2.45) is 5.10 Å². The summed E-state index contributed by atoms with van der Waals surface area (Å²) in [4.78, 5) is 12.3. The third-order valence-electron chi connectivity index (χ3n) is 2.46. The van der Waals surface area contributed by atoms with E-state index in [2.05, 4.69) is 10.5 Å². The van der Waals surface area contributed by atoms with Gasteiger partial charge in [-0.1, -0.05) is 12.1 Å². The summed E-state index contributed by atoms with van der Waals surface area (Å²) in [6.45, 7) is -0.427. The molecule has 0 fully saturated rings. The molecule has 1 aromatic carbocycles. The van der Waals surface area contributed by atoms with Crippen LogP contribution >= 0.6 is 11.3 Å². The Balaban J connectivity index is 1.83. The normalized spacial score (nSPS) is 11.6. The van der Waals surface area contributed by atoms with E-state index in [0.29, 0.717) is 0 Å². The number of hydrogen-bond donors (Lipinski definition) is 1. The van der Waals surface area contributed by atoms with Crippen molar-refractivity contribution in [2.75, 3.05) is 6.61 Å². The van der Waals surface area contributed by atoms with Gasteiger partial charge in [0.1, 0.15) is 5.75 Å². The highest BCUT2D eigenvalue weighted by molar-refractivity contribution is 7.11. The Kier molecular flexibility index (Phi) is 5.16. The second-order valence-corrected chi connectivity index (χ2v) is 5.10. The molecule has 116 valence electrons. The maximum absolute atomic E-state index is 12.5. The first-order valence-corrected chi connectivity index (χ1v) is 6.98. The van der Waals surface area contributed by atoms with Crippen molar-refractivity contribution < 1.29 is 22.7 Å². The largest absolute Gasteiger partial charge is 0.484 e. The predicted molar refractivity (Wildman–Crippen MR) is 77.0 cm³/mol. The van der Waals surface area contributed by atoms with Crippen molar-refractivity contribution in [2.45, 2.75) is 6.18 Å². The number of alkyl halides is 3. The van der Waals surface area contributed by atoms with Gasteiger partial charge in [-0.3, -0.25) is 4.79 Å². The maximum atomic E-state index is 12.5. The van der Waals surface area contributed by atoms with Crippen LogP contribution in [0.5, 0.6) is 5.75 Å². The number of hydrogen-bond acceptors (Lipinski definition) is 4. The van der Waals surface area contributed by atoms with E-state index in [0.717, 1.165) is 17.0 Å². The molecule has 1 heterocycles. The average Bonchev–Trinajstić information content (AvgIpc) is 2.98. The van der Waals surface area contributed by atoms with Crippen molar-refractivity contribution in [1.82, 2.24) is 5.43 Å². The van der Waals surface area contributed by atoms with Gasteiger partial charge in [0.2, 0.25) is 0 Å². The summed E-state index contributed by atoms with van der Waals surface area (Å²) in [6, 6.07) is 7.98. The van der Waals surface area contributed by atoms with Gasteiger partial charge in [-0.25, -0.2) is 5.43 Å². The van der Waals surface area contributed by atoms with Crippen molar-refractivity contribution >= 4 is 23.5 Å². The van der Waals surface area contributed by atoms with E-state index in [1.807, 2.05) is 17.5 Å². The molecule has 0 atom stereocenters. The Bertz CT molecular complexity index is 654. The average molecular weight is 328 g/mol. The van der Waals surface area contributed by atoms with Crippen LogP contribution in [0.3, 0.4) is 0 Å². The Morgan fingerprint density at radius 3 is 2.82 bits per heavy atom. The molecule has 0 spiro atoms. The Morgan fingerprint density at radius 1 is 1.32 bits per heavy atom. The molecule has 0 saturated carbocycles. The number of carbonyl (C=O) groups is 1. The predicted octanol–water partition coefficient (Wildman–Crippen LogP) is 3.30. The zero-order valence-electron chi connectivity index (χ0n) is 11.1. The van der Waals surface area contributed by atoms with Gasteiger partial charge in [0.25, 0.3) is 5.91 Å². The van der Waals surface area contributed by atoms with Crippen LogP contribution < -0.4 is 10.2 Å². The molecule has 4 nitrogen and oxygen atoms in total. The van der Waals surface area contributed by atoms with Gasteiger partial charge in [0.15, 0.2) is 6.61 Å². The summed E-state index contributed by atoms with van der Waals surface area (Å²) in [5, 5.41) is 5.57. The number of nitrogens with zero attached hydrogens (tertiary/aromatic N) is 1. The lowest BCUT2D eigenvalue weighted by molar-refractivity contribution is -0.137. The molecule has 2 aromatic rings. The first-order valence-electron chi connectivity index (χ1n) is 6.10. The molecule has 1 amide bonds. The number of thiophene rings is 1. The molecule has 1 N–H and O–H groups in total. The van der Waals surface area contributed by atoms with Crippen molar-refractivity contribution in [1.29, 1.82) is 0 Å². The van der Waals surface area contributed by atoms with Crippen LogP contribution in [0.4, 0.5) is 13.2 Å². The number of hydrazone groups is 1. The van der Waals surface area contributed by atoms with E-state index in [9.17, 15) is 18.0 Å². The quantitative estimate of drug-likeness (QED) is 0.676. The van der Waals surface area contributed by atoms with Gasteiger partial charge >= 0.3 is 6.18 Å². The minimum Gasteiger partial charge on any atom is -0.484 e. The van der Waals surface area contributed by atoms with Crippen LogP contribution in [-0.4, -0.2) is 18.7 Å². The second-order valence-electron chi connectivity index (χ2n) is 4.12. The fourth-order valence-electron chi connectivity index (χ4n) is 1.48. The molecule has 0 bridgehead atoms. The van der Waals surface area contributed by atoms with Crippen molar-refractivity contribution in [3.63, 3.8) is 0 Å². The standard InChI is InChI=1S/C14H11F3N2O2S/c15-14(16,17)10-3-1-4-11(7-10)21-9-13(20)19-18-8-12-5-2-6-22-12/h1-8H,9H2,(H,19,20)/b18-8+. The summed E-state index contributed by atoms with van der Waals surface area (Å²) < 4.78 is 42.6. The van der Waals surface area contributed by atoms with Gasteiger partial charge in [-0.2, -0.15) is 18.3 Å². The summed E-state index contributed by atoms with van der Waals surface area (Å²) in [5.74, 6) is -0.600. The molecule has 0 unspecified atom stereocenters. The number of ether oxygens (including phenoxy) is 1. The molecule has 2 rings (SSSR count). The lowest BCUT2D eigenvalue weighted by Crippen LogP contribution is -2.24. The molecule has 0 radical (unpaired) electrons. The van der Waals surface area contributed by atoms with E-state index >= 15 is 0 Å². The first-order chi connectivity index (χ1) is 10.4. The summed E-state index contributed by atoms with van der Waals surface area (Å²) in [5.41, 5.74) is 1.39. The highest BCUT2D eigenvalue weighted by Crippen LogP contribution is 2.31. The minimum absolute atomic E-state index is 0.0350. The molecule has 0 aliphatic heterocycles. The van der Waals surface area contributed by atoms with E-state index in [4.69, 9.17) is 4.74 Å². The number of halogens is 3. The highest BCUT2D eigenvalue weighted by atomic mass is 32.1. The first kappa shape index (κ1) is 16.0. The van der Waals surface area contributed by atoms with Gasteiger partial charge in [-0.15, -0.1) is 11.3 Å². The molecule has 0 saturated heterocycles. The second kappa shape index (κ2) is 7.08. The number of benzene rings is 1. The van der Waals surface area contributed by atoms with Crippen LogP contribution in [0, 0.1) is 0 Å². The monoisotopic (exact) mass is 328 g/mol. The van der Waals surface area contributed by atoms with E-state index in [1.165, 1.54) is 29.7 Å². The van der Waals surface area contributed by atoms with Crippen molar-refractivity contribution in [3.05, 3.63) is 52.2 Å². The van der Waals surface area contributed by atoms with Crippen LogP contribution in [0.15, 0.2) is 46.9 Å². The molecule has 22 heavy (non-hydrogen) atoms. The lowest BCUT2D eigenvalue weighted by Gasteiger charge is -2.09. The lowest BCUT2D eigenvalue weighted by atomic mass is 10.2. The minimum atomic E-state index is -4.45. The summed E-state index contributed by atoms with van der Waals surface area (Å²) in [7, 11) is 0. The zero-order valence-corrected chi connectivity index (χ0v) is 11.9. The van der Waals surface area contributed by atoms with Gasteiger partial charge in [0.05, 0.1) is 11.8 Å². The van der Waals surface area contributed by atoms with E-state index in [-0.39, 0.29) is 5.75 Å². The fourth-order valence-corrected chi connectivity index (χ4v) is 2.06. The van der Waals surface area contributed by atoms with E-state index < -0.39 is 24.3 Å². The highest BCUT2D eigenvalue weighted by Gasteiger charge is 2.30. The van der Waals surface area contributed by atoms with Gasteiger partial charge in [-0.05, 0) is 29.6 Å². The molecule has 8 heteroatoms. The van der Waals surface area contributed by atoms with E-state index in [1.54, 1.807) is 0 Å².